The highest BCUT2D eigenvalue weighted by Crippen LogP contribution is 2.25. The number of hydrogen-bond donors (Lipinski definition) is 1. The van der Waals surface area contributed by atoms with E-state index in [-0.39, 0.29) is 0 Å². The van der Waals surface area contributed by atoms with Crippen LogP contribution in [0.2, 0.25) is 0 Å². The minimum absolute atomic E-state index is 0.441. The number of aromatic nitrogens is 1. The van der Waals surface area contributed by atoms with E-state index in [9.17, 15) is 5.11 Å². The maximum Gasteiger partial charge on any atom is 0.0995 e. The van der Waals surface area contributed by atoms with Crippen LogP contribution in [-0.4, -0.2) is 10.1 Å². The van der Waals surface area contributed by atoms with Crippen LogP contribution in [0.5, 0.6) is 0 Å². The molecule has 10 heavy (non-hydrogen) atoms. The Morgan fingerprint density at radius 2 is 2.40 bits per heavy atom. The monoisotopic (exact) mass is 133 g/mol. The van der Waals surface area contributed by atoms with E-state index in [0.717, 1.165) is 11.1 Å². The van der Waals surface area contributed by atoms with Crippen molar-refractivity contribution in [1.82, 2.24) is 4.98 Å². The van der Waals surface area contributed by atoms with Gasteiger partial charge in [-0.05, 0) is 11.6 Å². The maximum absolute atomic E-state index is 9.25. The van der Waals surface area contributed by atoms with Gasteiger partial charge in [0.25, 0.3) is 0 Å². The smallest absolute Gasteiger partial charge is 0.0995 e. The van der Waals surface area contributed by atoms with E-state index in [4.69, 9.17) is 0 Å². The molecule has 1 heterocycles. The van der Waals surface area contributed by atoms with Crippen molar-refractivity contribution < 1.29 is 5.11 Å². The normalized spacial score (nSPS) is 21.1. The SMILES string of the molecule is OC1C=Cc2ccncc21. The summed E-state index contributed by atoms with van der Waals surface area (Å²) >= 11 is 0. The molecule has 2 nitrogen and oxygen atoms in total. The first-order chi connectivity index (χ1) is 4.88. The van der Waals surface area contributed by atoms with Gasteiger partial charge < -0.3 is 5.11 Å². The van der Waals surface area contributed by atoms with Gasteiger partial charge in [0.05, 0.1) is 6.10 Å². The van der Waals surface area contributed by atoms with E-state index >= 15 is 0 Å². The van der Waals surface area contributed by atoms with E-state index in [1.54, 1.807) is 18.5 Å². The van der Waals surface area contributed by atoms with Gasteiger partial charge in [-0.1, -0.05) is 12.2 Å². The van der Waals surface area contributed by atoms with E-state index in [1.165, 1.54) is 0 Å². The summed E-state index contributed by atoms with van der Waals surface area (Å²) in [4.78, 5) is 3.91. The number of hydrogen-bond acceptors (Lipinski definition) is 2. The fourth-order valence-corrected chi connectivity index (χ4v) is 1.11. The lowest BCUT2D eigenvalue weighted by molar-refractivity contribution is 0.231. The fraction of sp³-hybridized carbons (Fsp3) is 0.125. The molecule has 1 aliphatic rings. The molecule has 1 atom stereocenters. The van der Waals surface area contributed by atoms with Crippen molar-refractivity contribution >= 4 is 6.08 Å². The Labute approximate surface area is 58.8 Å². The standard InChI is InChI=1S/C8H7NO/c10-8-2-1-6-3-4-9-5-7(6)8/h1-5,8,10H. The molecule has 2 rings (SSSR count). The van der Waals surface area contributed by atoms with Crippen LogP contribution in [0.15, 0.2) is 24.5 Å². The number of aliphatic hydroxyl groups excluding tert-OH is 1. The van der Waals surface area contributed by atoms with Crippen molar-refractivity contribution in [2.75, 3.05) is 0 Å². The van der Waals surface area contributed by atoms with Gasteiger partial charge in [0, 0.05) is 18.0 Å². The number of fused-ring (bicyclic) bond motifs is 1. The second-order valence-corrected chi connectivity index (χ2v) is 2.31. The maximum atomic E-state index is 9.25. The molecule has 0 aliphatic heterocycles. The lowest BCUT2D eigenvalue weighted by Gasteiger charge is -1.99. The van der Waals surface area contributed by atoms with Crippen LogP contribution in [0.4, 0.5) is 0 Å². The Morgan fingerprint density at radius 3 is 3.20 bits per heavy atom. The summed E-state index contributed by atoms with van der Waals surface area (Å²) in [6.07, 6.45) is 6.64. The second kappa shape index (κ2) is 1.92. The van der Waals surface area contributed by atoms with Crippen LogP contribution in [0.3, 0.4) is 0 Å². The summed E-state index contributed by atoms with van der Waals surface area (Å²) in [6, 6.07) is 1.89. The molecular weight excluding hydrogens is 126 g/mol. The average molecular weight is 133 g/mol. The Bertz CT molecular complexity index is 280. The molecule has 2 heteroatoms. The molecule has 0 spiro atoms. The average Bonchev–Trinajstić information content (AvgIpc) is 2.34. The minimum Gasteiger partial charge on any atom is -0.384 e. The summed E-state index contributed by atoms with van der Waals surface area (Å²) in [7, 11) is 0. The third kappa shape index (κ3) is 0.660. The quantitative estimate of drug-likeness (QED) is 0.575. The minimum atomic E-state index is -0.441. The van der Waals surface area contributed by atoms with Crippen molar-refractivity contribution in [3.05, 3.63) is 35.7 Å². The Balaban J connectivity index is 2.59. The van der Waals surface area contributed by atoms with Gasteiger partial charge in [-0.3, -0.25) is 4.98 Å². The molecule has 0 saturated carbocycles. The number of rotatable bonds is 0. The van der Waals surface area contributed by atoms with Crippen LogP contribution in [0.1, 0.15) is 17.2 Å². The van der Waals surface area contributed by atoms with Gasteiger partial charge in [0.1, 0.15) is 0 Å². The van der Waals surface area contributed by atoms with E-state index in [2.05, 4.69) is 4.98 Å². The van der Waals surface area contributed by atoms with Crippen LogP contribution in [0, 0.1) is 0 Å². The predicted octanol–water partition coefficient (Wildman–Crippen LogP) is 1.14. The van der Waals surface area contributed by atoms with Crippen molar-refractivity contribution in [3.63, 3.8) is 0 Å². The highest BCUT2D eigenvalue weighted by molar-refractivity contribution is 5.60. The molecule has 0 radical (unpaired) electrons. The van der Waals surface area contributed by atoms with Crippen molar-refractivity contribution in [2.24, 2.45) is 0 Å². The first-order valence-electron chi connectivity index (χ1n) is 3.18. The zero-order chi connectivity index (χ0) is 6.97. The zero-order valence-electron chi connectivity index (χ0n) is 5.36. The van der Waals surface area contributed by atoms with Crippen molar-refractivity contribution in [1.29, 1.82) is 0 Å². The van der Waals surface area contributed by atoms with Gasteiger partial charge in [-0.2, -0.15) is 0 Å². The molecule has 1 aromatic rings. The molecular formula is C8H7NO. The van der Waals surface area contributed by atoms with Crippen LogP contribution < -0.4 is 0 Å². The molecule has 1 unspecified atom stereocenters. The first kappa shape index (κ1) is 5.62. The highest BCUT2D eigenvalue weighted by Gasteiger charge is 2.12. The van der Waals surface area contributed by atoms with Gasteiger partial charge in [-0.25, -0.2) is 0 Å². The molecule has 0 bridgehead atoms. The molecule has 0 fully saturated rings. The van der Waals surface area contributed by atoms with Gasteiger partial charge in [0.2, 0.25) is 0 Å². The lowest BCUT2D eigenvalue weighted by atomic mass is 10.2. The Morgan fingerprint density at radius 1 is 1.50 bits per heavy atom. The van der Waals surface area contributed by atoms with Gasteiger partial charge in [0.15, 0.2) is 0 Å². The summed E-state index contributed by atoms with van der Waals surface area (Å²) < 4.78 is 0. The Kier molecular flexibility index (Phi) is 1.08. The van der Waals surface area contributed by atoms with Gasteiger partial charge >= 0.3 is 0 Å². The summed E-state index contributed by atoms with van der Waals surface area (Å²) in [5, 5.41) is 9.25. The van der Waals surface area contributed by atoms with Crippen LogP contribution in [0.25, 0.3) is 6.08 Å². The summed E-state index contributed by atoms with van der Waals surface area (Å²) in [6.45, 7) is 0. The molecule has 0 saturated heterocycles. The number of pyridine rings is 1. The molecule has 1 aliphatic carbocycles. The van der Waals surface area contributed by atoms with Crippen molar-refractivity contribution in [3.8, 4) is 0 Å². The summed E-state index contributed by atoms with van der Waals surface area (Å²) in [5.41, 5.74) is 1.98. The topological polar surface area (TPSA) is 33.1 Å². The molecule has 50 valence electrons. The van der Waals surface area contributed by atoms with E-state index in [1.807, 2.05) is 12.1 Å². The fourth-order valence-electron chi connectivity index (χ4n) is 1.11. The molecule has 0 amide bonds. The summed E-state index contributed by atoms with van der Waals surface area (Å²) in [5.74, 6) is 0. The molecule has 0 aromatic carbocycles. The van der Waals surface area contributed by atoms with Crippen molar-refractivity contribution in [2.45, 2.75) is 6.10 Å². The largest absolute Gasteiger partial charge is 0.384 e. The number of aliphatic hydroxyl groups is 1. The highest BCUT2D eigenvalue weighted by atomic mass is 16.3. The van der Waals surface area contributed by atoms with E-state index in [0.29, 0.717) is 0 Å². The third-order valence-corrected chi connectivity index (χ3v) is 1.66. The van der Waals surface area contributed by atoms with E-state index < -0.39 is 6.10 Å². The lowest BCUT2D eigenvalue weighted by Crippen LogP contribution is -1.90. The van der Waals surface area contributed by atoms with Crippen LogP contribution >= 0.6 is 0 Å². The first-order valence-corrected chi connectivity index (χ1v) is 3.18. The zero-order valence-corrected chi connectivity index (χ0v) is 5.36. The predicted molar refractivity (Wildman–Crippen MR) is 38.2 cm³/mol. The Hall–Kier alpha value is -1.15. The second-order valence-electron chi connectivity index (χ2n) is 2.31. The van der Waals surface area contributed by atoms with Gasteiger partial charge in [-0.15, -0.1) is 0 Å². The molecule has 1 aromatic heterocycles. The third-order valence-electron chi connectivity index (χ3n) is 1.66. The molecule has 1 N–H and O–H groups in total. The number of nitrogens with zero attached hydrogens (tertiary/aromatic N) is 1. The van der Waals surface area contributed by atoms with Crippen LogP contribution in [-0.2, 0) is 0 Å².